The Morgan fingerprint density at radius 1 is 1.09 bits per heavy atom. The van der Waals surface area contributed by atoms with Crippen molar-refractivity contribution >= 4 is 52.3 Å². The second-order valence-corrected chi connectivity index (χ2v) is 8.41. The van der Waals surface area contributed by atoms with Crippen LogP contribution in [-0.2, 0) is 16.1 Å². The molecule has 1 unspecified atom stereocenters. The average Bonchev–Trinajstić information content (AvgIpc) is 3.37. The highest BCUT2D eigenvalue weighted by Gasteiger charge is 2.46. The van der Waals surface area contributed by atoms with Gasteiger partial charge in [0.1, 0.15) is 17.3 Å². The van der Waals surface area contributed by atoms with Crippen LogP contribution in [-0.4, -0.2) is 33.9 Å². The van der Waals surface area contributed by atoms with Crippen LogP contribution in [0.3, 0.4) is 0 Å². The quantitative estimate of drug-likeness (QED) is 0.265. The first-order chi connectivity index (χ1) is 15.7. The summed E-state index contributed by atoms with van der Waals surface area (Å²) in [7, 11) is 1.39. The summed E-state index contributed by atoms with van der Waals surface area (Å²) in [6, 6.07) is 9.31. The van der Waals surface area contributed by atoms with Crippen LogP contribution in [0.25, 0.3) is 5.76 Å². The van der Waals surface area contributed by atoms with Gasteiger partial charge in [-0.15, -0.1) is 0 Å². The number of likely N-dealkylation sites (tertiary alicyclic amines) is 1. The van der Waals surface area contributed by atoms with Crippen LogP contribution in [0, 0.1) is 0 Å². The Kier molecular flexibility index (Phi) is 6.30. The molecule has 0 bridgehead atoms. The molecular weight excluding hydrogens is 493 g/mol. The van der Waals surface area contributed by atoms with Gasteiger partial charge < -0.3 is 24.3 Å². The minimum absolute atomic E-state index is 0.0200. The fourth-order valence-corrected chi connectivity index (χ4v) is 4.53. The van der Waals surface area contributed by atoms with Crippen molar-refractivity contribution in [3.8, 4) is 11.5 Å². The molecule has 1 aromatic heterocycles. The third-order valence-electron chi connectivity index (χ3n) is 5.21. The molecule has 0 saturated carbocycles. The SMILES string of the molecule is COc1c(Cl)cc(/C(O)=C2\C(=O)C(=O)N(Cc3ccco3)C2c2ccc(O)c(Cl)c2)cc1Cl. The van der Waals surface area contributed by atoms with E-state index in [0.29, 0.717) is 11.3 Å². The third-order valence-corrected chi connectivity index (χ3v) is 6.07. The van der Waals surface area contributed by atoms with Gasteiger partial charge in [0.05, 0.1) is 46.6 Å². The molecule has 1 saturated heterocycles. The Morgan fingerprint density at radius 3 is 2.36 bits per heavy atom. The summed E-state index contributed by atoms with van der Waals surface area (Å²) in [6.07, 6.45) is 1.44. The Bertz CT molecular complexity index is 1260. The van der Waals surface area contributed by atoms with Gasteiger partial charge in [-0.3, -0.25) is 9.59 Å². The summed E-state index contributed by atoms with van der Waals surface area (Å²) in [5.41, 5.74) is 0.332. The van der Waals surface area contributed by atoms with Crippen molar-refractivity contribution in [3.05, 3.63) is 86.3 Å². The standard InChI is InChI=1S/C23H16Cl3NO6/c1-32-22-15(25)8-12(9-16(22)26)20(29)18-19(11-4-5-17(28)14(24)7-11)27(23(31)21(18)30)10-13-3-2-6-33-13/h2-9,19,28-29H,10H2,1H3/b20-18+. The Hall–Kier alpha value is -3.13. The number of benzene rings is 2. The van der Waals surface area contributed by atoms with Gasteiger partial charge in [-0.05, 0) is 42.0 Å². The first-order valence-corrected chi connectivity index (χ1v) is 10.7. The van der Waals surface area contributed by atoms with Gasteiger partial charge in [0.2, 0.25) is 0 Å². The summed E-state index contributed by atoms with van der Waals surface area (Å²) in [5, 5.41) is 21.2. The predicted octanol–water partition coefficient (Wildman–Crippen LogP) is 5.58. The number of aliphatic hydroxyl groups excluding tert-OH is 1. The van der Waals surface area contributed by atoms with Crippen molar-refractivity contribution in [2.24, 2.45) is 0 Å². The van der Waals surface area contributed by atoms with Gasteiger partial charge in [-0.25, -0.2) is 0 Å². The summed E-state index contributed by atoms with van der Waals surface area (Å²) >= 11 is 18.5. The molecule has 0 radical (unpaired) electrons. The molecular formula is C23H16Cl3NO6. The summed E-state index contributed by atoms with van der Waals surface area (Å²) in [4.78, 5) is 27.3. The highest BCUT2D eigenvalue weighted by Crippen LogP contribution is 2.43. The molecule has 2 heterocycles. The number of Topliss-reactive ketones (excluding diaryl/α,β-unsaturated/α-hetero) is 1. The fraction of sp³-hybridized carbons (Fsp3) is 0.130. The molecule has 0 spiro atoms. The number of aromatic hydroxyl groups is 1. The zero-order chi connectivity index (χ0) is 23.9. The molecule has 4 rings (SSSR count). The number of aliphatic hydroxyl groups is 1. The lowest BCUT2D eigenvalue weighted by Crippen LogP contribution is -2.29. The van der Waals surface area contributed by atoms with E-state index < -0.39 is 23.5 Å². The van der Waals surface area contributed by atoms with Gasteiger partial charge >= 0.3 is 0 Å². The number of phenolic OH excluding ortho intramolecular Hbond substituents is 1. The molecule has 1 amide bonds. The number of nitrogens with zero attached hydrogens (tertiary/aromatic N) is 1. The molecule has 3 aromatic rings. The second-order valence-electron chi connectivity index (χ2n) is 7.19. The zero-order valence-corrected chi connectivity index (χ0v) is 19.3. The third kappa shape index (κ3) is 4.15. The number of hydrogen-bond acceptors (Lipinski definition) is 6. The van der Waals surface area contributed by atoms with Crippen molar-refractivity contribution < 1.29 is 29.0 Å². The van der Waals surface area contributed by atoms with E-state index in [2.05, 4.69) is 0 Å². The van der Waals surface area contributed by atoms with E-state index in [-0.39, 0.29) is 44.2 Å². The van der Waals surface area contributed by atoms with E-state index in [9.17, 15) is 19.8 Å². The van der Waals surface area contributed by atoms with E-state index in [1.165, 1.54) is 48.6 Å². The lowest BCUT2D eigenvalue weighted by atomic mass is 9.95. The van der Waals surface area contributed by atoms with Crippen LogP contribution in [0.1, 0.15) is 22.9 Å². The number of rotatable bonds is 5. The minimum atomic E-state index is -1.02. The maximum atomic E-state index is 13.1. The molecule has 2 aromatic carbocycles. The van der Waals surface area contributed by atoms with E-state index >= 15 is 0 Å². The minimum Gasteiger partial charge on any atom is -0.507 e. The number of furan rings is 1. The lowest BCUT2D eigenvalue weighted by Gasteiger charge is -2.25. The number of phenols is 1. The maximum Gasteiger partial charge on any atom is 0.296 e. The van der Waals surface area contributed by atoms with Crippen LogP contribution in [0.15, 0.2) is 58.7 Å². The molecule has 170 valence electrons. The molecule has 33 heavy (non-hydrogen) atoms. The monoisotopic (exact) mass is 507 g/mol. The number of methoxy groups -OCH3 is 1. The van der Waals surface area contributed by atoms with Gasteiger partial charge in [-0.1, -0.05) is 40.9 Å². The van der Waals surface area contributed by atoms with Crippen LogP contribution in [0.2, 0.25) is 15.1 Å². The largest absolute Gasteiger partial charge is 0.507 e. The second kappa shape index (κ2) is 9.02. The topological polar surface area (TPSA) is 100 Å². The molecule has 1 aliphatic heterocycles. The highest BCUT2D eigenvalue weighted by atomic mass is 35.5. The van der Waals surface area contributed by atoms with Crippen molar-refractivity contribution in [1.29, 1.82) is 0 Å². The number of hydrogen-bond donors (Lipinski definition) is 2. The van der Waals surface area contributed by atoms with Crippen LogP contribution in [0.5, 0.6) is 11.5 Å². The molecule has 1 atom stereocenters. The normalized spacial score (nSPS) is 17.6. The Balaban J connectivity index is 1.91. The first-order valence-electron chi connectivity index (χ1n) is 9.55. The molecule has 7 nitrogen and oxygen atoms in total. The van der Waals surface area contributed by atoms with Crippen molar-refractivity contribution in [2.75, 3.05) is 7.11 Å². The Morgan fingerprint density at radius 2 is 1.79 bits per heavy atom. The van der Waals surface area contributed by atoms with Crippen LogP contribution in [0.4, 0.5) is 0 Å². The van der Waals surface area contributed by atoms with E-state index in [4.69, 9.17) is 44.0 Å². The highest BCUT2D eigenvalue weighted by molar-refractivity contribution is 6.46. The van der Waals surface area contributed by atoms with E-state index in [0.717, 1.165) is 0 Å². The summed E-state index contributed by atoms with van der Waals surface area (Å²) in [5.74, 6) is -1.76. The molecule has 1 aliphatic rings. The van der Waals surface area contributed by atoms with Gasteiger partial charge in [-0.2, -0.15) is 0 Å². The zero-order valence-electron chi connectivity index (χ0n) is 17.0. The summed E-state index contributed by atoms with van der Waals surface area (Å²) in [6.45, 7) is -0.0400. The number of carbonyl (C=O) groups excluding carboxylic acids is 2. The molecule has 1 fully saturated rings. The molecule has 10 heteroatoms. The summed E-state index contributed by atoms with van der Waals surface area (Å²) < 4.78 is 10.5. The van der Waals surface area contributed by atoms with Gasteiger partial charge in [0, 0.05) is 5.56 Å². The van der Waals surface area contributed by atoms with Crippen LogP contribution < -0.4 is 4.74 Å². The van der Waals surface area contributed by atoms with Gasteiger partial charge in [0.25, 0.3) is 11.7 Å². The van der Waals surface area contributed by atoms with E-state index in [1.54, 1.807) is 12.1 Å². The molecule has 0 aliphatic carbocycles. The molecule has 2 N–H and O–H groups in total. The van der Waals surface area contributed by atoms with Crippen molar-refractivity contribution in [3.63, 3.8) is 0 Å². The number of ketones is 1. The van der Waals surface area contributed by atoms with Crippen molar-refractivity contribution in [2.45, 2.75) is 12.6 Å². The lowest BCUT2D eigenvalue weighted by molar-refractivity contribution is -0.140. The number of amides is 1. The van der Waals surface area contributed by atoms with Crippen molar-refractivity contribution in [1.82, 2.24) is 4.90 Å². The van der Waals surface area contributed by atoms with Crippen LogP contribution >= 0.6 is 34.8 Å². The Labute approximate surface area is 203 Å². The average molecular weight is 509 g/mol. The smallest absolute Gasteiger partial charge is 0.296 e. The number of ether oxygens (including phenoxy) is 1. The first kappa shape index (κ1) is 23.0. The number of halogens is 3. The predicted molar refractivity (Wildman–Crippen MR) is 123 cm³/mol. The van der Waals surface area contributed by atoms with Gasteiger partial charge in [0.15, 0.2) is 5.75 Å². The van der Waals surface area contributed by atoms with E-state index in [1.807, 2.05) is 0 Å². The maximum absolute atomic E-state index is 13.1. The number of carbonyl (C=O) groups is 2. The fourth-order valence-electron chi connectivity index (χ4n) is 3.70.